The number of hydrogen-bond acceptors (Lipinski definition) is 6. The number of carbonyl (C=O) groups excluding carboxylic acids is 2. The Morgan fingerprint density at radius 3 is 2.11 bits per heavy atom. The lowest BCUT2D eigenvalue weighted by Crippen LogP contribution is -2.44. The second kappa shape index (κ2) is 7.40. The van der Waals surface area contributed by atoms with Gasteiger partial charge in [0.05, 0.1) is 11.5 Å². The minimum absolute atomic E-state index is 0.0451. The summed E-state index contributed by atoms with van der Waals surface area (Å²) in [6.45, 7) is 6.88. The van der Waals surface area contributed by atoms with Crippen LogP contribution < -0.4 is 0 Å². The molecule has 1 atom stereocenters. The van der Waals surface area contributed by atoms with Crippen LogP contribution in [-0.2, 0) is 28.6 Å². The minimum Gasteiger partial charge on any atom is -0.459 e. The van der Waals surface area contributed by atoms with Crippen LogP contribution in [0.5, 0.6) is 0 Å². The molecule has 1 unspecified atom stereocenters. The number of Topliss-reactive ketones (excluding diaryl/α,β-unsaturated/α-hetero) is 1. The van der Waals surface area contributed by atoms with E-state index in [-0.39, 0.29) is 4.90 Å². The van der Waals surface area contributed by atoms with Crippen LogP contribution in [0, 0.1) is 5.41 Å². The molecule has 7 heteroatoms. The van der Waals surface area contributed by atoms with Gasteiger partial charge < -0.3 is 4.74 Å². The summed E-state index contributed by atoms with van der Waals surface area (Å²) in [6.07, 6.45) is 0. The van der Waals surface area contributed by atoms with E-state index in [4.69, 9.17) is 8.92 Å². The molecule has 0 fully saturated rings. The van der Waals surface area contributed by atoms with Gasteiger partial charge in [-0.05, 0) is 57.5 Å². The average Bonchev–Trinajstić information content (AvgIpc) is 2.57. The van der Waals surface area contributed by atoms with Gasteiger partial charge in [0.25, 0.3) is 10.1 Å². The molecule has 146 valence electrons. The first-order valence-electron chi connectivity index (χ1n) is 8.48. The van der Waals surface area contributed by atoms with Crippen LogP contribution >= 0.6 is 0 Å². The number of esters is 1. The molecule has 0 N–H and O–H groups in total. The third-order valence-electron chi connectivity index (χ3n) is 4.14. The van der Waals surface area contributed by atoms with Crippen molar-refractivity contribution in [2.24, 2.45) is 5.41 Å². The molecule has 0 radical (unpaired) electrons. The predicted molar refractivity (Wildman–Crippen MR) is 102 cm³/mol. The maximum atomic E-state index is 12.6. The topological polar surface area (TPSA) is 86.7 Å². The van der Waals surface area contributed by atoms with Crippen molar-refractivity contribution in [3.63, 3.8) is 0 Å². The van der Waals surface area contributed by atoms with E-state index in [1.165, 1.54) is 26.0 Å². The summed E-state index contributed by atoms with van der Waals surface area (Å²) in [5, 5.41) is 1.63. The summed E-state index contributed by atoms with van der Waals surface area (Å²) in [4.78, 5) is 24.4. The van der Waals surface area contributed by atoms with Crippen LogP contribution in [0.15, 0.2) is 47.4 Å². The number of hydrogen-bond donors (Lipinski definition) is 0. The summed E-state index contributed by atoms with van der Waals surface area (Å²) in [5.41, 5.74) is -2.54. The monoisotopic (exact) mass is 392 g/mol. The first-order chi connectivity index (χ1) is 12.3. The molecule has 0 saturated heterocycles. The van der Waals surface area contributed by atoms with Gasteiger partial charge >= 0.3 is 5.97 Å². The Balaban J connectivity index is 2.26. The van der Waals surface area contributed by atoms with Crippen molar-refractivity contribution >= 4 is 32.6 Å². The standard InChI is InChI=1S/C20H24O6S/c1-14(21)20(5,18(22)26-19(2,3)4)13-25-27(23,24)17-11-10-15-8-6-7-9-16(15)12-17/h6-12H,13H2,1-5H3. The summed E-state index contributed by atoms with van der Waals surface area (Å²) in [6, 6.07) is 11.9. The largest absolute Gasteiger partial charge is 0.459 e. The van der Waals surface area contributed by atoms with Crippen molar-refractivity contribution in [3.05, 3.63) is 42.5 Å². The molecule has 0 spiro atoms. The first-order valence-corrected chi connectivity index (χ1v) is 9.89. The molecule has 0 aliphatic carbocycles. The van der Waals surface area contributed by atoms with Crippen molar-refractivity contribution in [3.8, 4) is 0 Å². The van der Waals surface area contributed by atoms with Crippen LogP contribution in [0.3, 0.4) is 0 Å². The summed E-state index contributed by atoms with van der Waals surface area (Å²) in [7, 11) is -4.16. The number of rotatable bonds is 6. The Kier molecular flexibility index (Phi) is 5.77. The van der Waals surface area contributed by atoms with Gasteiger partial charge in [-0.2, -0.15) is 8.42 Å². The number of benzene rings is 2. The van der Waals surface area contributed by atoms with Crippen LogP contribution in [0.1, 0.15) is 34.6 Å². The smallest absolute Gasteiger partial charge is 0.322 e. The van der Waals surface area contributed by atoms with Gasteiger partial charge in [-0.3, -0.25) is 13.8 Å². The zero-order chi connectivity index (χ0) is 20.5. The molecule has 27 heavy (non-hydrogen) atoms. The van der Waals surface area contributed by atoms with E-state index >= 15 is 0 Å². The highest BCUT2D eigenvalue weighted by molar-refractivity contribution is 7.86. The van der Waals surface area contributed by atoms with E-state index in [0.717, 1.165) is 10.8 Å². The molecule has 2 rings (SSSR count). The van der Waals surface area contributed by atoms with E-state index in [1.807, 2.05) is 12.1 Å². The van der Waals surface area contributed by atoms with Gasteiger partial charge in [-0.15, -0.1) is 0 Å². The maximum Gasteiger partial charge on any atom is 0.322 e. The highest BCUT2D eigenvalue weighted by atomic mass is 32.2. The third kappa shape index (κ3) is 4.93. The first kappa shape index (κ1) is 21.1. The molecule has 0 heterocycles. The van der Waals surface area contributed by atoms with Crippen molar-refractivity contribution < 1.29 is 26.9 Å². The Bertz CT molecular complexity index is 971. The van der Waals surface area contributed by atoms with Crippen LogP contribution in [-0.4, -0.2) is 32.4 Å². The molecule has 0 bridgehead atoms. The molecule has 0 amide bonds. The fourth-order valence-corrected chi connectivity index (χ4v) is 3.31. The maximum absolute atomic E-state index is 12.6. The molecule has 0 aliphatic heterocycles. The molecule has 0 saturated carbocycles. The fourth-order valence-electron chi connectivity index (χ4n) is 2.28. The molecule has 0 aliphatic rings. The lowest BCUT2D eigenvalue weighted by atomic mass is 9.87. The zero-order valence-corrected chi connectivity index (χ0v) is 16.9. The van der Waals surface area contributed by atoms with Crippen molar-refractivity contribution in [1.82, 2.24) is 0 Å². The van der Waals surface area contributed by atoms with Crippen LogP contribution in [0.25, 0.3) is 10.8 Å². The third-order valence-corrected chi connectivity index (χ3v) is 5.40. The van der Waals surface area contributed by atoms with Gasteiger partial charge in [-0.1, -0.05) is 30.3 Å². The SMILES string of the molecule is CC(=O)C(C)(COS(=O)(=O)c1ccc2ccccc2c1)C(=O)OC(C)(C)C. The molecular formula is C20H24O6S. The Morgan fingerprint density at radius 1 is 0.963 bits per heavy atom. The lowest BCUT2D eigenvalue weighted by molar-refractivity contribution is -0.170. The van der Waals surface area contributed by atoms with Gasteiger partial charge in [0.2, 0.25) is 0 Å². The summed E-state index contributed by atoms with van der Waals surface area (Å²) < 4.78 is 35.5. The molecule has 2 aromatic rings. The number of carbonyl (C=O) groups is 2. The van der Waals surface area contributed by atoms with E-state index in [9.17, 15) is 18.0 Å². The number of ether oxygens (including phenoxy) is 1. The summed E-state index contributed by atoms with van der Waals surface area (Å²) in [5.74, 6) is -1.36. The van der Waals surface area contributed by atoms with Gasteiger partial charge in [-0.25, -0.2) is 0 Å². The molecule has 0 aromatic heterocycles. The quantitative estimate of drug-likeness (QED) is 0.425. The molecule has 2 aromatic carbocycles. The van der Waals surface area contributed by atoms with Crippen LogP contribution in [0.4, 0.5) is 0 Å². The lowest BCUT2D eigenvalue weighted by Gasteiger charge is -2.29. The van der Waals surface area contributed by atoms with Crippen molar-refractivity contribution in [1.29, 1.82) is 0 Å². The number of fused-ring (bicyclic) bond motifs is 1. The van der Waals surface area contributed by atoms with Gasteiger partial charge in [0.1, 0.15) is 16.8 Å². The second-order valence-corrected chi connectivity index (χ2v) is 9.23. The molecular weight excluding hydrogens is 368 g/mol. The van der Waals surface area contributed by atoms with E-state index in [2.05, 4.69) is 0 Å². The molecule has 6 nitrogen and oxygen atoms in total. The Morgan fingerprint density at radius 2 is 1.56 bits per heavy atom. The predicted octanol–water partition coefficient (Wildman–Crippen LogP) is 3.48. The van der Waals surface area contributed by atoms with Crippen molar-refractivity contribution in [2.75, 3.05) is 6.61 Å². The van der Waals surface area contributed by atoms with Gasteiger partial charge in [0, 0.05) is 0 Å². The van der Waals surface area contributed by atoms with Crippen molar-refractivity contribution in [2.45, 2.75) is 45.1 Å². The average molecular weight is 392 g/mol. The van der Waals surface area contributed by atoms with E-state index in [0.29, 0.717) is 0 Å². The number of ketones is 1. The van der Waals surface area contributed by atoms with E-state index in [1.54, 1.807) is 39.0 Å². The van der Waals surface area contributed by atoms with Gasteiger partial charge in [0.15, 0.2) is 0 Å². The van der Waals surface area contributed by atoms with Crippen LogP contribution in [0.2, 0.25) is 0 Å². The Labute approximate surface area is 159 Å². The summed E-state index contributed by atoms with van der Waals surface area (Å²) >= 11 is 0. The second-order valence-electron chi connectivity index (χ2n) is 7.62. The fraction of sp³-hybridized carbons (Fsp3) is 0.400. The Hall–Kier alpha value is -2.25. The highest BCUT2D eigenvalue weighted by Gasteiger charge is 2.43. The minimum atomic E-state index is -4.16. The highest BCUT2D eigenvalue weighted by Crippen LogP contribution is 2.27. The normalized spacial score (nSPS) is 14.6. The zero-order valence-electron chi connectivity index (χ0n) is 16.1. The van der Waals surface area contributed by atoms with E-state index < -0.39 is 39.5 Å².